The first-order valence-electron chi connectivity index (χ1n) is 10.8. The first-order valence-corrected chi connectivity index (χ1v) is 10.8. The molecule has 1 aliphatic rings. The van der Waals surface area contributed by atoms with Gasteiger partial charge in [-0.1, -0.05) is 26.7 Å². The number of benzene rings is 2. The van der Waals surface area contributed by atoms with E-state index < -0.39 is 0 Å². The number of carbonyl (C=O) groups is 1. The first-order chi connectivity index (χ1) is 15.1. The monoisotopic (exact) mass is 421 g/mol. The molecule has 2 heterocycles. The maximum atomic E-state index is 12.1. The lowest BCUT2D eigenvalue weighted by Gasteiger charge is -2.31. The molecule has 0 aliphatic carbocycles. The van der Waals surface area contributed by atoms with Crippen molar-refractivity contribution in [3.63, 3.8) is 0 Å². The molecule has 0 spiro atoms. The number of ether oxygens (including phenoxy) is 2. The first kappa shape index (κ1) is 21.0. The third kappa shape index (κ3) is 4.43. The van der Waals surface area contributed by atoms with Crippen molar-refractivity contribution in [2.75, 3.05) is 18.2 Å². The molecule has 0 unspecified atom stereocenters. The predicted molar refractivity (Wildman–Crippen MR) is 120 cm³/mol. The van der Waals surface area contributed by atoms with E-state index in [2.05, 4.69) is 13.8 Å². The second-order valence-electron chi connectivity index (χ2n) is 7.77. The van der Waals surface area contributed by atoms with Gasteiger partial charge in [0.15, 0.2) is 6.73 Å². The van der Waals surface area contributed by atoms with E-state index >= 15 is 0 Å². The number of hydrogen-bond acceptors (Lipinski definition) is 6. The smallest absolute Gasteiger partial charge is 0.338 e. The summed E-state index contributed by atoms with van der Waals surface area (Å²) in [6.07, 6.45) is 3.61. The maximum Gasteiger partial charge on any atom is 0.338 e. The van der Waals surface area contributed by atoms with Crippen LogP contribution in [0.15, 0.2) is 51.7 Å². The SMILES string of the molecule is CCCCOC(=O)c1ccc(N2COc3ccc4c(CCC)cc(=O)oc4c3C2)cc1. The summed E-state index contributed by atoms with van der Waals surface area (Å²) >= 11 is 0. The molecule has 0 N–H and O–H groups in total. The van der Waals surface area contributed by atoms with Gasteiger partial charge in [-0.25, -0.2) is 9.59 Å². The van der Waals surface area contributed by atoms with E-state index in [1.54, 1.807) is 18.2 Å². The van der Waals surface area contributed by atoms with Gasteiger partial charge in [0.1, 0.15) is 11.3 Å². The molecule has 1 aromatic heterocycles. The van der Waals surface area contributed by atoms with E-state index in [1.807, 2.05) is 29.2 Å². The number of esters is 1. The average molecular weight is 421 g/mol. The third-order valence-electron chi connectivity index (χ3n) is 5.50. The summed E-state index contributed by atoms with van der Waals surface area (Å²) in [6, 6.07) is 12.8. The fourth-order valence-electron chi connectivity index (χ4n) is 3.84. The highest BCUT2D eigenvalue weighted by Gasteiger charge is 2.23. The molecule has 3 aromatic rings. The normalized spacial score (nSPS) is 13.0. The molecule has 31 heavy (non-hydrogen) atoms. The van der Waals surface area contributed by atoms with Crippen molar-refractivity contribution in [3.8, 4) is 5.75 Å². The minimum absolute atomic E-state index is 0.309. The van der Waals surface area contributed by atoms with E-state index in [0.29, 0.717) is 31.0 Å². The average Bonchev–Trinajstić information content (AvgIpc) is 2.79. The third-order valence-corrected chi connectivity index (χ3v) is 5.50. The number of anilines is 1. The number of hydrogen-bond donors (Lipinski definition) is 0. The van der Waals surface area contributed by atoms with Gasteiger partial charge in [0, 0.05) is 17.1 Å². The van der Waals surface area contributed by atoms with Crippen molar-refractivity contribution < 1.29 is 18.7 Å². The van der Waals surface area contributed by atoms with Gasteiger partial charge in [0.05, 0.1) is 24.3 Å². The van der Waals surface area contributed by atoms with Gasteiger partial charge in [0.25, 0.3) is 0 Å². The van der Waals surface area contributed by atoms with Crippen LogP contribution in [-0.2, 0) is 17.7 Å². The zero-order chi connectivity index (χ0) is 21.8. The number of aryl methyl sites for hydroxylation is 1. The Morgan fingerprint density at radius 2 is 1.90 bits per heavy atom. The second-order valence-corrected chi connectivity index (χ2v) is 7.77. The Labute approximate surface area is 181 Å². The van der Waals surface area contributed by atoms with Gasteiger partial charge in [-0.15, -0.1) is 0 Å². The van der Waals surface area contributed by atoms with Crippen molar-refractivity contribution in [3.05, 3.63) is 69.6 Å². The highest BCUT2D eigenvalue weighted by atomic mass is 16.5. The zero-order valence-corrected chi connectivity index (χ0v) is 18.0. The van der Waals surface area contributed by atoms with Crippen LogP contribution in [0.25, 0.3) is 11.0 Å². The molecule has 6 heteroatoms. The van der Waals surface area contributed by atoms with E-state index in [1.165, 1.54) is 0 Å². The van der Waals surface area contributed by atoms with Crippen LogP contribution in [-0.4, -0.2) is 19.3 Å². The maximum absolute atomic E-state index is 12.1. The van der Waals surface area contributed by atoms with Crippen LogP contribution in [0.4, 0.5) is 5.69 Å². The minimum atomic E-state index is -0.340. The summed E-state index contributed by atoms with van der Waals surface area (Å²) < 4.78 is 16.8. The molecule has 0 atom stereocenters. The van der Waals surface area contributed by atoms with Crippen molar-refractivity contribution in [2.24, 2.45) is 0 Å². The number of nitrogens with zero attached hydrogens (tertiary/aromatic N) is 1. The molecule has 1 aliphatic heterocycles. The van der Waals surface area contributed by atoms with Crippen LogP contribution in [0, 0.1) is 0 Å². The lowest BCUT2D eigenvalue weighted by Crippen LogP contribution is -2.32. The van der Waals surface area contributed by atoms with Crippen molar-refractivity contribution >= 4 is 22.6 Å². The molecule has 6 nitrogen and oxygen atoms in total. The van der Waals surface area contributed by atoms with Crippen LogP contribution in [0.3, 0.4) is 0 Å². The van der Waals surface area contributed by atoms with Gasteiger partial charge in [0.2, 0.25) is 0 Å². The largest absolute Gasteiger partial charge is 0.473 e. The van der Waals surface area contributed by atoms with Crippen molar-refractivity contribution in [2.45, 2.75) is 46.1 Å². The fraction of sp³-hybridized carbons (Fsp3) is 0.360. The summed E-state index contributed by atoms with van der Waals surface area (Å²) in [6.45, 7) is 5.50. The molecule has 162 valence electrons. The summed E-state index contributed by atoms with van der Waals surface area (Å²) in [5, 5.41) is 0.954. The van der Waals surface area contributed by atoms with Gasteiger partial charge in [-0.3, -0.25) is 0 Å². The molecule has 2 aromatic carbocycles. The lowest BCUT2D eigenvalue weighted by atomic mass is 10.0. The lowest BCUT2D eigenvalue weighted by molar-refractivity contribution is 0.0500. The highest BCUT2D eigenvalue weighted by Crippen LogP contribution is 2.35. The van der Waals surface area contributed by atoms with E-state index in [4.69, 9.17) is 13.9 Å². The van der Waals surface area contributed by atoms with Crippen molar-refractivity contribution in [1.82, 2.24) is 0 Å². The zero-order valence-electron chi connectivity index (χ0n) is 18.0. The molecule has 0 bridgehead atoms. The Morgan fingerprint density at radius 3 is 2.65 bits per heavy atom. The summed E-state index contributed by atoms with van der Waals surface area (Å²) in [5.41, 5.74) is 3.56. The van der Waals surface area contributed by atoms with Gasteiger partial charge >= 0.3 is 11.6 Å². The molecule has 0 fully saturated rings. The highest BCUT2D eigenvalue weighted by molar-refractivity contribution is 5.90. The van der Waals surface area contributed by atoms with Gasteiger partial charge in [-0.05, 0) is 54.8 Å². The van der Waals surface area contributed by atoms with Crippen LogP contribution >= 0.6 is 0 Å². The number of rotatable bonds is 7. The summed E-state index contributed by atoms with van der Waals surface area (Å²) in [5.74, 6) is 0.424. The molecular formula is C25H27NO5. The quantitative estimate of drug-likeness (QED) is 0.302. The Kier molecular flexibility index (Phi) is 6.26. The summed E-state index contributed by atoms with van der Waals surface area (Å²) in [7, 11) is 0. The molecule has 0 amide bonds. The number of carbonyl (C=O) groups excluding carboxylic acids is 1. The fourth-order valence-corrected chi connectivity index (χ4v) is 3.84. The Morgan fingerprint density at radius 1 is 1.10 bits per heavy atom. The van der Waals surface area contributed by atoms with Crippen LogP contribution < -0.4 is 15.3 Å². The van der Waals surface area contributed by atoms with Crippen LogP contribution in [0.5, 0.6) is 5.75 Å². The Hall–Kier alpha value is -3.28. The van der Waals surface area contributed by atoms with E-state index in [0.717, 1.165) is 53.6 Å². The van der Waals surface area contributed by atoms with Crippen LogP contribution in [0.2, 0.25) is 0 Å². The standard InChI is InChI=1S/C25H27NO5/c1-3-5-13-29-25(28)17-7-9-19(10-8-17)26-15-21-22(30-16-26)12-11-20-18(6-4-2)14-23(27)31-24(20)21/h7-12,14H,3-6,13,15-16H2,1-2H3. The number of fused-ring (bicyclic) bond motifs is 3. The van der Waals surface area contributed by atoms with Gasteiger partial charge < -0.3 is 18.8 Å². The van der Waals surface area contributed by atoms with Gasteiger partial charge in [-0.2, -0.15) is 0 Å². The number of unbranched alkanes of at least 4 members (excludes halogenated alkanes) is 1. The molecular weight excluding hydrogens is 394 g/mol. The summed E-state index contributed by atoms with van der Waals surface area (Å²) in [4.78, 5) is 26.3. The van der Waals surface area contributed by atoms with E-state index in [-0.39, 0.29) is 11.6 Å². The van der Waals surface area contributed by atoms with Crippen molar-refractivity contribution in [1.29, 1.82) is 0 Å². The topological polar surface area (TPSA) is 69.0 Å². The molecule has 4 rings (SSSR count). The Bertz CT molecular complexity index is 1130. The van der Waals surface area contributed by atoms with Crippen LogP contribution in [0.1, 0.15) is 54.6 Å². The molecule has 0 saturated carbocycles. The Balaban J connectivity index is 1.59. The minimum Gasteiger partial charge on any atom is -0.473 e. The second kappa shape index (κ2) is 9.25. The molecule has 0 radical (unpaired) electrons. The van der Waals surface area contributed by atoms with E-state index in [9.17, 15) is 9.59 Å². The molecule has 0 saturated heterocycles. The predicted octanol–water partition coefficient (Wildman–Crippen LogP) is 5.06.